The first-order chi connectivity index (χ1) is 17.2. The lowest BCUT2D eigenvalue weighted by Crippen LogP contribution is -2.40. The van der Waals surface area contributed by atoms with Crippen molar-refractivity contribution in [2.24, 2.45) is 0 Å². The number of ether oxygens (including phenoxy) is 2. The number of hydrogen-bond acceptors (Lipinski definition) is 8. The van der Waals surface area contributed by atoms with Gasteiger partial charge in [-0.05, 0) is 48.4 Å². The maximum absolute atomic E-state index is 12.6. The van der Waals surface area contributed by atoms with Gasteiger partial charge in [-0.3, -0.25) is 9.59 Å². The predicted molar refractivity (Wildman–Crippen MR) is 129 cm³/mol. The number of aromatic hydroxyl groups is 3. The van der Waals surface area contributed by atoms with Gasteiger partial charge in [0.25, 0.3) is 0 Å². The summed E-state index contributed by atoms with van der Waals surface area (Å²) in [7, 11) is 0. The highest BCUT2D eigenvalue weighted by Crippen LogP contribution is 2.42. The van der Waals surface area contributed by atoms with E-state index in [1.54, 1.807) is 24.3 Å². The number of phenolic OH excluding ortho intramolecular Hbond substituents is 3. The highest BCUT2D eigenvalue weighted by Gasteiger charge is 2.31. The molecule has 1 aliphatic heterocycles. The molecule has 0 bridgehead atoms. The average Bonchev–Trinajstić information content (AvgIpc) is 2.83. The van der Waals surface area contributed by atoms with Gasteiger partial charge >= 0.3 is 5.97 Å². The summed E-state index contributed by atoms with van der Waals surface area (Å²) in [5, 5.41) is 31.6. The van der Waals surface area contributed by atoms with Crippen molar-refractivity contribution in [3.8, 4) is 28.7 Å². The van der Waals surface area contributed by atoms with Crippen LogP contribution in [0.5, 0.6) is 28.7 Å². The molecule has 0 aliphatic carbocycles. The lowest BCUT2D eigenvalue weighted by Gasteiger charge is -2.26. The number of nitrogens with one attached hydrogen (secondary N) is 1. The summed E-state index contributed by atoms with van der Waals surface area (Å²) in [6.07, 6.45) is 2.11. The molecule has 1 heterocycles. The first-order valence-electron chi connectivity index (χ1n) is 11.0. The van der Waals surface area contributed by atoms with Crippen molar-refractivity contribution in [1.82, 2.24) is 5.32 Å². The molecule has 0 saturated carbocycles. The van der Waals surface area contributed by atoms with E-state index >= 15 is 0 Å². The third-order valence-corrected chi connectivity index (χ3v) is 5.49. The average molecular weight is 489 g/mol. The molecule has 9 heteroatoms. The van der Waals surface area contributed by atoms with Crippen molar-refractivity contribution in [3.63, 3.8) is 0 Å². The summed E-state index contributed by atoms with van der Waals surface area (Å²) in [6.45, 7) is 1.44. The second-order valence-corrected chi connectivity index (χ2v) is 8.22. The zero-order chi connectivity index (χ0) is 25.8. The minimum absolute atomic E-state index is 0.00873. The number of carbonyl (C=O) groups is 3. The molecule has 184 valence electrons. The van der Waals surface area contributed by atoms with Gasteiger partial charge in [-0.25, -0.2) is 4.79 Å². The molecule has 0 radical (unpaired) electrons. The van der Waals surface area contributed by atoms with Crippen LogP contribution in [-0.4, -0.2) is 39.0 Å². The largest absolute Gasteiger partial charge is 0.508 e. The lowest BCUT2D eigenvalue weighted by molar-refractivity contribution is -0.138. The van der Waals surface area contributed by atoms with Crippen molar-refractivity contribution in [1.29, 1.82) is 0 Å². The van der Waals surface area contributed by atoms with E-state index < -0.39 is 29.8 Å². The van der Waals surface area contributed by atoms with Crippen molar-refractivity contribution in [2.45, 2.75) is 25.5 Å². The molecule has 4 rings (SSSR count). The van der Waals surface area contributed by atoms with E-state index in [2.05, 4.69) is 5.32 Å². The Kier molecular flexibility index (Phi) is 6.91. The summed E-state index contributed by atoms with van der Waals surface area (Å²) < 4.78 is 11.2. The van der Waals surface area contributed by atoms with E-state index in [-0.39, 0.29) is 40.8 Å². The summed E-state index contributed by atoms with van der Waals surface area (Å²) in [4.78, 5) is 37.3. The van der Waals surface area contributed by atoms with E-state index in [0.717, 1.165) is 6.07 Å². The molecule has 0 saturated heterocycles. The molecular formula is C27H23NO8. The van der Waals surface area contributed by atoms with Gasteiger partial charge in [-0.15, -0.1) is 0 Å². The Labute approximate surface area is 206 Å². The van der Waals surface area contributed by atoms with Crippen molar-refractivity contribution in [3.05, 3.63) is 83.4 Å². The first-order valence-corrected chi connectivity index (χ1v) is 11.0. The smallest absolute Gasteiger partial charge is 0.333 e. The highest BCUT2D eigenvalue weighted by atomic mass is 16.5. The molecule has 0 aromatic heterocycles. The van der Waals surface area contributed by atoms with Crippen molar-refractivity contribution >= 4 is 23.7 Å². The van der Waals surface area contributed by atoms with Crippen LogP contribution in [0, 0.1) is 0 Å². The maximum atomic E-state index is 12.6. The molecule has 3 aromatic rings. The number of ketones is 1. The van der Waals surface area contributed by atoms with Gasteiger partial charge in [0.15, 0.2) is 5.78 Å². The number of carbonyl (C=O) groups excluding carboxylic acids is 3. The Morgan fingerprint density at radius 1 is 1.03 bits per heavy atom. The third-order valence-electron chi connectivity index (χ3n) is 5.49. The summed E-state index contributed by atoms with van der Waals surface area (Å²) in [5.74, 6) is -1.89. The Hall–Kier alpha value is -4.79. The number of esters is 1. The lowest BCUT2D eigenvalue weighted by atomic mass is 9.95. The zero-order valence-electron chi connectivity index (χ0n) is 19.2. The number of fused-ring (bicyclic) bond motifs is 1. The van der Waals surface area contributed by atoms with Gasteiger partial charge in [-0.1, -0.05) is 24.3 Å². The second kappa shape index (κ2) is 10.2. The van der Waals surface area contributed by atoms with Crippen LogP contribution in [0.4, 0.5) is 0 Å². The number of benzene rings is 3. The van der Waals surface area contributed by atoms with Gasteiger partial charge in [0.1, 0.15) is 46.5 Å². The van der Waals surface area contributed by atoms with Crippen LogP contribution >= 0.6 is 0 Å². The number of rotatable bonds is 6. The predicted octanol–water partition coefficient (Wildman–Crippen LogP) is 3.63. The Morgan fingerprint density at radius 2 is 1.67 bits per heavy atom. The van der Waals surface area contributed by atoms with E-state index in [9.17, 15) is 29.7 Å². The van der Waals surface area contributed by atoms with Gasteiger partial charge in [0.05, 0.1) is 6.42 Å². The molecule has 2 atom stereocenters. The Morgan fingerprint density at radius 3 is 2.33 bits per heavy atom. The van der Waals surface area contributed by atoms with Crippen LogP contribution in [-0.2, 0) is 9.59 Å². The summed E-state index contributed by atoms with van der Waals surface area (Å²) in [6, 6.07) is 13.9. The minimum Gasteiger partial charge on any atom is -0.508 e. The molecular weight excluding hydrogens is 466 g/mol. The molecule has 0 fully saturated rings. The molecule has 1 aliphatic rings. The quantitative estimate of drug-likeness (QED) is 0.234. The van der Waals surface area contributed by atoms with E-state index in [1.807, 2.05) is 0 Å². The first kappa shape index (κ1) is 24.3. The normalized spacial score (nSPS) is 15.6. The van der Waals surface area contributed by atoms with Gasteiger partial charge in [0.2, 0.25) is 5.91 Å². The van der Waals surface area contributed by atoms with Crippen LogP contribution in [0.2, 0.25) is 0 Å². The van der Waals surface area contributed by atoms with Gasteiger partial charge in [0, 0.05) is 18.2 Å². The van der Waals surface area contributed by atoms with E-state index in [4.69, 9.17) is 9.47 Å². The number of Topliss-reactive ketones (excluding diaryl/α,β-unsaturated/α-hetero) is 1. The van der Waals surface area contributed by atoms with Crippen LogP contribution in [0.15, 0.2) is 66.7 Å². The fraction of sp³-hybridized carbons (Fsp3) is 0.148. The standard InChI is InChI=1S/C27H23NO8/c1-15(28-25(33)11-4-16-2-7-18(29)8-3-16)27(34)35-20-12-21(31)26-22(32)14-23(36-24(26)13-20)17-5-9-19(30)10-6-17/h2-13,15,23,29-31H,14H2,1H3,(H,28,33)/b11-4+. The Bertz CT molecular complexity index is 1330. The number of phenols is 3. The molecule has 2 unspecified atom stereocenters. The van der Waals surface area contributed by atoms with E-state index in [1.165, 1.54) is 49.4 Å². The highest BCUT2D eigenvalue weighted by molar-refractivity contribution is 6.03. The molecule has 36 heavy (non-hydrogen) atoms. The third kappa shape index (κ3) is 5.64. The fourth-order valence-electron chi connectivity index (χ4n) is 3.63. The van der Waals surface area contributed by atoms with Crippen LogP contribution in [0.1, 0.15) is 40.9 Å². The zero-order valence-corrected chi connectivity index (χ0v) is 19.2. The van der Waals surface area contributed by atoms with Crippen molar-refractivity contribution < 1.29 is 39.2 Å². The maximum Gasteiger partial charge on any atom is 0.333 e. The number of hydrogen-bond donors (Lipinski definition) is 4. The van der Waals surface area contributed by atoms with Gasteiger partial charge in [-0.2, -0.15) is 0 Å². The molecule has 3 aromatic carbocycles. The molecule has 0 spiro atoms. The summed E-state index contributed by atoms with van der Waals surface area (Å²) in [5.41, 5.74) is 1.33. The fourth-order valence-corrected chi connectivity index (χ4v) is 3.63. The molecule has 1 amide bonds. The molecule has 9 nitrogen and oxygen atoms in total. The molecule has 4 N–H and O–H groups in total. The van der Waals surface area contributed by atoms with Crippen LogP contribution < -0.4 is 14.8 Å². The van der Waals surface area contributed by atoms with Crippen LogP contribution in [0.25, 0.3) is 6.08 Å². The van der Waals surface area contributed by atoms with Gasteiger partial charge < -0.3 is 30.1 Å². The second-order valence-electron chi connectivity index (χ2n) is 8.22. The van der Waals surface area contributed by atoms with Crippen LogP contribution in [0.3, 0.4) is 0 Å². The van der Waals surface area contributed by atoms with E-state index in [0.29, 0.717) is 11.1 Å². The monoisotopic (exact) mass is 489 g/mol. The Balaban J connectivity index is 1.42. The summed E-state index contributed by atoms with van der Waals surface area (Å²) >= 11 is 0. The minimum atomic E-state index is -1.02. The topological polar surface area (TPSA) is 142 Å². The number of amides is 1. The SMILES string of the molecule is CC(NC(=O)/C=C/c1ccc(O)cc1)C(=O)Oc1cc(O)c2c(c1)OC(c1ccc(O)cc1)CC2=O. The van der Waals surface area contributed by atoms with Crippen molar-refractivity contribution in [2.75, 3.05) is 0 Å².